The van der Waals surface area contributed by atoms with E-state index in [4.69, 9.17) is 9.47 Å². The number of hydrogen-bond donors (Lipinski definition) is 8. The molecular formula is C72H76O12S8. The van der Waals surface area contributed by atoms with Gasteiger partial charge in [0.15, 0.2) is 34.5 Å². The van der Waals surface area contributed by atoms with E-state index < -0.39 is 20.1 Å². The van der Waals surface area contributed by atoms with Gasteiger partial charge in [-0.25, -0.2) is 0 Å². The second-order valence-corrected chi connectivity index (χ2v) is 36.5. The van der Waals surface area contributed by atoms with Gasteiger partial charge in [-0.15, -0.1) is 47.0 Å². The van der Waals surface area contributed by atoms with Gasteiger partial charge in [-0.3, -0.25) is 9.59 Å². The second kappa shape index (κ2) is 24.5. The maximum atomic E-state index is 13.8. The van der Waals surface area contributed by atoms with Crippen LogP contribution in [0.1, 0.15) is 154 Å². The predicted octanol–water partition coefficient (Wildman–Crippen LogP) is 17.2. The molecule has 7 aliphatic rings. The Bertz CT molecular complexity index is 4530. The van der Waals surface area contributed by atoms with Crippen LogP contribution in [0.25, 0.3) is 58.8 Å². The van der Waals surface area contributed by atoms with Crippen molar-refractivity contribution < 1.29 is 59.9 Å². The van der Waals surface area contributed by atoms with Crippen LogP contribution in [0.2, 0.25) is 0 Å². The molecule has 0 radical (unpaired) electrons. The minimum absolute atomic E-state index is 0.0301. The van der Waals surface area contributed by atoms with Gasteiger partial charge in [0.05, 0.1) is 30.4 Å². The largest absolute Gasteiger partial charge is 0.507 e. The number of allylic oxidation sites excluding steroid dienone is 1. The lowest BCUT2D eigenvalue weighted by Gasteiger charge is -2.33. The minimum Gasteiger partial charge on any atom is -0.507 e. The number of carbonyl (C=O) groups excluding carboxylic acids is 2. The number of aromatic hydroxyl groups is 8. The Morgan fingerprint density at radius 1 is 0.391 bits per heavy atom. The van der Waals surface area contributed by atoms with Crippen LogP contribution in [0, 0.1) is 44.1 Å². The molecular weight excluding hydrogens is 1310 g/mol. The van der Waals surface area contributed by atoms with Crippen LogP contribution in [0.5, 0.6) is 57.5 Å². The van der Waals surface area contributed by atoms with Gasteiger partial charge < -0.3 is 50.3 Å². The molecule has 14 rings (SSSR count). The molecule has 6 heterocycles. The molecule has 6 aliphatic heterocycles. The average molecular weight is 1390 g/mol. The molecule has 0 bridgehead atoms. The molecule has 0 amide bonds. The van der Waals surface area contributed by atoms with Crippen LogP contribution in [-0.2, 0) is 18.1 Å². The summed E-state index contributed by atoms with van der Waals surface area (Å²) >= 11 is 13.0. The molecule has 7 aromatic rings. The summed E-state index contributed by atoms with van der Waals surface area (Å²) in [4.78, 5) is 27.3. The number of Topliss-reactive ketones (excluding diaryl/α,β-unsaturated/α-hetero) is 2. The number of fused-ring (bicyclic) bond motifs is 4. The van der Waals surface area contributed by atoms with Crippen molar-refractivity contribution in [3.63, 3.8) is 0 Å². The van der Waals surface area contributed by atoms with Crippen LogP contribution < -0.4 is 19.9 Å². The highest BCUT2D eigenvalue weighted by molar-refractivity contribution is 8.30. The van der Waals surface area contributed by atoms with E-state index in [1.807, 2.05) is 81.4 Å². The maximum absolute atomic E-state index is 13.8. The third-order valence-corrected chi connectivity index (χ3v) is 29.8. The van der Waals surface area contributed by atoms with E-state index in [1.54, 1.807) is 70.6 Å². The third kappa shape index (κ3) is 9.98. The number of ketones is 2. The molecule has 1 aliphatic carbocycles. The predicted molar refractivity (Wildman–Crippen MR) is 390 cm³/mol. The summed E-state index contributed by atoms with van der Waals surface area (Å²) in [5.74, 6) is 5.65. The molecule has 92 heavy (non-hydrogen) atoms. The molecule has 4 fully saturated rings. The summed E-state index contributed by atoms with van der Waals surface area (Å²) in [5.41, 5.74) is 9.29. The highest BCUT2D eigenvalue weighted by Crippen LogP contribution is 2.70. The number of hydrogen-bond acceptors (Lipinski definition) is 20. The maximum Gasteiger partial charge on any atom is 0.235 e. The topological polar surface area (TPSA) is 214 Å². The normalized spacial score (nSPS) is 18.8. The van der Waals surface area contributed by atoms with Gasteiger partial charge >= 0.3 is 0 Å². The fourth-order valence-corrected chi connectivity index (χ4v) is 26.2. The van der Waals surface area contributed by atoms with Gasteiger partial charge in [-0.05, 0) is 167 Å². The molecule has 8 N–H and O–H groups in total. The summed E-state index contributed by atoms with van der Waals surface area (Å²) in [6.07, 6.45) is 4.08. The number of phenolic OH excluding ortho intramolecular Hbond substituents is 8. The zero-order chi connectivity index (χ0) is 65.6. The lowest BCUT2D eigenvalue weighted by molar-refractivity contribution is -0.130. The number of thioether (sulfide) groups is 8. The number of benzene rings is 7. The molecule has 0 atom stereocenters. The van der Waals surface area contributed by atoms with Gasteiger partial charge in [0.2, 0.25) is 20.1 Å². The van der Waals surface area contributed by atoms with Crippen LogP contribution in [0.3, 0.4) is 0 Å². The average Bonchev–Trinajstić information content (AvgIpc) is 1.46. The van der Waals surface area contributed by atoms with E-state index >= 15 is 0 Å². The Kier molecular flexibility index (Phi) is 17.5. The van der Waals surface area contributed by atoms with Crippen molar-refractivity contribution in [2.75, 3.05) is 46.0 Å². The number of rotatable bonds is 5. The lowest BCUT2D eigenvalue weighted by atomic mass is 9.81. The van der Waals surface area contributed by atoms with Crippen LogP contribution in [-0.4, -0.2) is 98.4 Å². The van der Waals surface area contributed by atoms with E-state index in [0.717, 1.165) is 124 Å². The standard InChI is InChI=1S/2C36H38O6S4/c1-15(2)21-19-13-17(5)23(33-25(19)27(31(39)29(21)37)35(41-33)43-9-7-10-44-35)24-18(6)14-20-22(16(3)4)30(38)32(40)28-26(20)34(24)42-36(28)45-11-8-12-46-36;1-15(2)21-19-13-17(5)23(29(37)25(19)27(33(41)31(21)39)35-43-9-7-10-44-35)24-18(6)14-20-22(16(3)4)32(40)34(42)28(26(20)30(24)38)36-45-11-8-12-46-36/h13-16,37-40H,7-12H2,1-6H3;13-16,37-39,41H,7-12H2,1-6H3. The van der Waals surface area contributed by atoms with E-state index in [-0.39, 0.29) is 75.2 Å². The highest BCUT2D eigenvalue weighted by Gasteiger charge is 2.53. The van der Waals surface area contributed by atoms with Crippen LogP contribution >= 0.6 is 94.1 Å². The van der Waals surface area contributed by atoms with Crippen molar-refractivity contribution in [1.82, 2.24) is 0 Å². The first-order valence-electron chi connectivity index (χ1n) is 31.5. The number of phenols is 8. The SMILES string of the molecule is Cc1cc2c(C(C)C)c(O)c(O)c3c2c(c1-c1c(C)cc2c(C(C)C)c(O)c(O)c4c2c1OC41SCCCS1)OC31SCCCS1.Cc1cc2c(c(O)c1=c1c(C)cc3c(C(C)C)c(O)c(O)c(=C4SCCCS4)c3c1O)C(=C1SCCCS1)C(=O)C(=O)C=2C(C)C. The first-order valence-corrected chi connectivity index (χ1v) is 39.4. The molecule has 7 aromatic carbocycles. The fraction of sp³-hybridized carbons (Fsp3) is 0.417. The first-order chi connectivity index (χ1) is 43.8. The summed E-state index contributed by atoms with van der Waals surface area (Å²) in [5, 5.41) is 99.8. The van der Waals surface area contributed by atoms with Gasteiger partial charge in [-0.1, -0.05) is 127 Å². The second-order valence-electron chi connectivity index (χ2n) is 25.9. The van der Waals surface area contributed by atoms with Gasteiger partial charge in [-0.2, -0.15) is 0 Å². The lowest BCUT2D eigenvalue weighted by Crippen LogP contribution is -2.34. The zero-order valence-corrected chi connectivity index (χ0v) is 60.1. The number of aryl methyl sites for hydroxylation is 4. The first kappa shape index (κ1) is 65.6. The van der Waals surface area contributed by atoms with Gasteiger partial charge in [0.25, 0.3) is 0 Å². The Balaban J connectivity index is 0.000000168. The highest BCUT2D eigenvalue weighted by atomic mass is 32.2. The van der Waals surface area contributed by atoms with E-state index in [0.29, 0.717) is 93.2 Å². The Labute approximate surface area is 569 Å². The molecule has 20 heteroatoms. The molecule has 0 unspecified atom stereocenters. The molecule has 12 nitrogen and oxygen atoms in total. The Morgan fingerprint density at radius 2 is 0.772 bits per heavy atom. The van der Waals surface area contributed by atoms with Crippen molar-refractivity contribution in [2.45, 2.75) is 135 Å². The van der Waals surface area contributed by atoms with Crippen LogP contribution in [0.4, 0.5) is 0 Å². The van der Waals surface area contributed by atoms with E-state index in [2.05, 4.69) is 26.0 Å². The van der Waals surface area contributed by atoms with Crippen molar-refractivity contribution in [2.24, 2.45) is 5.92 Å². The smallest absolute Gasteiger partial charge is 0.235 e. The van der Waals surface area contributed by atoms with Crippen molar-refractivity contribution in [1.29, 1.82) is 0 Å². The van der Waals surface area contributed by atoms with Crippen molar-refractivity contribution >= 4 is 153 Å². The third-order valence-electron chi connectivity index (χ3n) is 18.5. The number of ether oxygens (including phenoxy) is 2. The fourth-order valence-electron chi connectivity index (χ4n) is 14.7. The Morgan fingerprint density at radius 3 is 1.21 bits per heavy atom. The van der Waals surface area contributed by atoms with Gasteiger partial charge in [0.1, 0.15) is 23.0 Å². The van der Waals surface area contributed by atoms with Gasteiger partial charge in [0, 0.05) is 65.5 Å². The van der Waals surface area contributed by atoms with E-state index in [9.17, 15) is 50.4 Å². The van der Waals surface area contributed by atoms with Crippen LogP contribution in [0.15, 0.2) is 28.5 Å². The summed E-state index contributed by atoms with van der Waals surface area (Å²) in [7, 11) is 0. The summed E-state index contributed by atoms with van der Waals surface area (Å²) in [6, 6.07) is 8.04. The summed E-state index contributed by atoms with van der Waals surface area (Å²) in [6.45, 7) is 23.6. The molecule has 4 saturated heterocycles. The minimum atomic E-state index is -0.874. The monoisotopic (exact) mass is 1390 g/mol. The van der Waals surface area contributed by atoms with Crippen molar-refractivity contribution in [3.8, 4) is 68.6 Å². The summed E-state index contributed by atoms with van der Waals surface area (Å²) < 4.78 is 14.0. The molecule has 484 valence electrons. The van der Waals surface area contributed by atoms with Crippen molar-refractivity contribution in [3.05, 3.63) is 105 Å². The molecule has 2 spiro atoms. The Hall–Kier alpha value is -5.06. The van der Waals surface area contributed by atoms with E-state index in [1.165, 1.54) is 23.5 Å². The quantitative estimate of drug-likeness (QED) is 0.0457. The number of carbonyl (C=O) groups is 2. The molecule has 0 saturated carbocycles. The zero-order valence-electron chi connectivity index (χ0n) is 53.6. The molecule has 0 aromatic heterocycles.